The van der Waals surface area contributed by atoms with Crippen LogP contribution < -0.4 is 0 Å². The fourth-order valence-electron chi connectivity index (χ4n) is 3.93. The smallest absolute Gasteiger partial charge is 0.340 e. The first-order valence-electron chi connectivity index (χ1n) is 10.7. The molecule has 1 aromatic heterocycles. The summed E-state index contributed by atoms with van der Waals surface area (Å²) in [6, 6.07) is 9.21. The third kappa shape index (κ3) is 5.05. The van der Waals surface area contributed by atoms with E-state index in [1.807, 2.05) is 51.3 Å². The minimum Gasteiger partial charge on any atom is -0.462 e. The Balaban J connectivity index is 2.35. The largest absolute Gasteiger partial charge is 0.462 e. The van der Waals surface area contributed by atoms with E-state index in [4.69, 9.17) is 10.00 Å². The number of esters is 1. The second kappa shape index (κ2) is 10.6. The molecule has 0 bridgehead atoms. The minimum absolute atomic E-state index is 0.143. The van der Waals surface area contributed by atoms with Crippen molar-refractivity contribution in [3.63, 3.8) is 0 Å². The topological polar surface area (TPSA) is 75.3 Å². The Labute approximate surface area is 184 Å². The van der Waals surface area contributed by atoms with Gasteiger partial charge in [-0.3, -0.25) is 4.79 Å². The molecule has 31 heavy (non-hydrogen) atoms. The molecule has 1 atom stereocenters. The van der Waals surface area contributed by atoms with Gasteiger partial charge in [0, 0.05) is 36.1 Å². The zero-order valence-corrected chi connectivity index (χ0v) is 19.2. The van der Waals surface area contributed by atoms with Crippen LogP contribution >= 0.6 is 0 Å². The highest BCUT2D eigenvalue weighted by Crippen LogP contribution is 2.26. The van der Waals surface area contributed by atoms with Crippen LogP contribution in [-0.4, -0.2) is 34.5 Å². The van der Waals surface area contributed by atoms with Crippen molar-refractivity contribution in [2.24, 2.45) is 0 Å². The van der Waals surface area contributed by atoms with Crippen LogP contribution in [-0.2, 0) is 16.1 Å². The number of carbonyl (C=O) groups excluding carboxylic acids is 2. The van der Waals surface area contributed by atoms with Gasteiger partial charge in [0.15, 0.2) is 0 Å². The zero-order valence-electron chi connectivity index (χ0n) is 19.2. The van der Waals surface area contributed by atoms with Crippen LogP contribution in [0.4, 0.5) is 0 Å². The first-order valence-corrected chi connectivity index (χ1v) is 10.7. The highest BCUT2D eigenvalue weighted by atomic mass is 16.5. The number of aromatic nitrogens is 1. The molecule has 0 radical (unpaired) electrons. The third-order valence-corrected chi connectivity index (χ3v) is 5.63. The quantitative estimate of drug-likeness (QED) is 0.453. The Morgan fingerprint density at radius 2 is 1.81 bits per heavy atom. The van der Waals surface area contributed by atoms with E-state index in [2.05, 4.69) is 6.07 Å². The van der Waals surface area contributed by atoms with Gasteiger partial charge >= 0.3 is 5.97 Å². The molecule has 0 N–H and O–H groups in total. The molecule has 1 unspecified atom stereocenters. The molecule has 0 spiro atoms. The van der Waals surface area contributed by atoms with Crippen molar-refractivity contribution in [3.05, 3.63) is 64.0 Å². The van der Waals surface area contributed by atoms with E-state index in [9.17, 15) is 9.59 Å². The minimum atomic E-state index is -0.374. The Bertz CT molecular complexity index is 1010. The summed E-state index contributed by atoms with van der Waals surface area (Å²) in [6.45, 7) is 13.1. The summed E-state index contributed by atoms with van der Waals surface area (Å²) >= 11 is 0. The average Bonchev–Trinajstić information content (AvgIpc) is 3.01. The predicted molar refractivity (Wildman–Crippen MR) is 122 cm³/mol. The summed E-state index contributed by atoms with van der Waals surface area (Å²) in [6.07, 6.45) is 3.24. The molecule has 0 aliphatic heterocycles. The highest BCUT2D eigenvalue weighted by molar-refractivity contribution is 5.99. The highest BCUT2D eigenvalue weighted by Gasteiger charge is 2.23. The first-order chi connectivity index (χ1) is 14.8. The van der Waals surface area contributed by atoms with Gasteiger partial charge in [-0.1, -0.05) is 12.1 Å². The Kier molecular flexibility index (Phi) is 8.21. The van der Waals surface area contributed by atoms with Gasteiger partial charge < -0.3 is 14.2 Å². The second-order valence-corrected chi connectivity index (χ2v) is 7.29. The molecule has 0 saturated carbocycles. The van der Waals surface area contributed by atoms with Crippen molar-refractivity contribution in [1.82, 2.24) is 9.47 Å². The second-order valence-electron chi connectivity index (χ2n) is 7.29. The van der Waals surface area contributed by atoms with E-state index < -0.39 is 0 Å². The fourth-order valence-corrected chi connectivity index (χ4v) is 3.93. The number of hydrogen-bond acceptors (Lipinski definition) is 4. The summed E-state index contributed by atoms with van der Waals surface area (Å²) in [4.78, 5) is 27.3. The molecule has 6 heteroatoms. The van der Waals surface area contributed by atoms with Gasteiger partial charge in [0.05, 0.1) is 29.8 Å². The summed E-state index contributed by atoms with van der Waals surface area (Å²) < 4.78 is 7.30. The van der Waals surface area contributed by atoms with Gasteiger partial charge in [-0.15, -0.1) is 0 Å². The number of amides is 1. The SMILES string of the molecule is CCOC(=O)c1c(/C=C/C(=O)N(CC)C(C)c2ccc(C#N)cc2)c(C)n(CC)c1C. The molecule has 2 rings (SSSR count). The Morgan fingerprint density at radius 1 is 1.16 bits per heavy atom. The summed E-state index contributed by atoms with van der Waals surface area (Å²) in [5.74, 6) is -0.517. The van der Waals surface area contributed by atoms with Gasteiger partial charge in [0.25, 0.3) is 0 Å². The number of nitriles is 1. The molecule has 1 amide bonds. The number of carbonyl (C=O) groups is 2. The first kappa shape index (κ1) is 23.9. The maximum Gasteiger partial charge on any atom is 0.340 e. The van der Waals surface area contributed by atoms with E-state index in [0.717, 1.165) is 23.5 Å². The molecule has 0 saturated heterocycles. The molecular formula is C25H31N3O3. The Hall–Kier alpha value is -3.33. The lowest BCUT2D eigenvalue weighted by Crippen LogP contribution is -2.32. The van der Waals surface area contributed by atoms with Crippen LogP contribution in [0.25, 0.3) is 6.08 Å². The average molecular weight is 422 g/mol. The number of benzene rings is 1. The van der Waals surface area contributed by atoms with Crippen molar-refractivity contribution in [3.8, 4) is 6.07 Å². The van der Waals surface area contributed by atoms with Crippen molar-refractivity contribution in [1.29, 1.82) is 5.26 Å². The van der Waals surface area contributed by atoms with Crippen LogP contribution in [0, 0.1) is 25.2 Å². The van der Waals surface area contributed by atoms with Gasteiger partial charge in [-0.2, -0.15) is 5.26 Å². The summed E-state index contributed by atoms with van der Waals surface area (Å²) in [5, 5.41) is 8.99. The lowest BCUT2D eigenvalue weighted by molar-refractivity contribution is -0.127. The van der Waals surface area contributed by atoms with Crippen molar-refractivity contribution < 1.29 is 14.3 Å². The van der Waals surface area contributed by atoms with Gasteiger partial charge in [-0.25, -0.2) is 4.79 Å². The maximum absolute atomic E-state index is 13.0. The molecule has 1 aromatic carbocycles. The molecule has 2 aromatic rings. The molecule has 0 aliphatic carbocycles. The third-order valence-electron chi connectivity index (χ3n) is 5.63. The van der Waals surface area contributed by atoms with Crippen LogP contribution in [0.1, 0.15) is 72.2 Å². The lowest BCUT2D eigenvalue weighted by atomic mass is 10.0. The number of ether oxygens (including phenoxy) is 1. The standard InChI is InChI=1S/C25H31N3O3/c1-7-27-18(5)22(24(19(27)6)25(30)31-9-3)14-15-23(29)28(8-2)17(4)21-12-10-20(16-26)11-13-21/h10-15,17H,7-9H2,1-6H3/b15-14+. The molecule has 0 fully saturated rings. The van der Waals surface area contributed by atoms with Gasteiger partial charge in [0.1, 0.15) is 0 Å². The van der Waals surface area contributed by atoms with E-state index in [1.165, 1.54) is 6.08 Å². The summed E-state index contributed by atoms with van der Waals surface area (Å²) in [7, 11) is 0. The molecule has 0 aliphatic rings. The summed E-state index contributed by atoms with van der Waals surface area (Å²) in [5.41, 5.74) is 4.53. The van der Waals surface area contributed by atoms with E-state index in [-0.39, 0.29) is 17.9 Å². The van der Waals surface area contributed by atoms with Crippen molar-refractivity contribution >= 4 is 18.0 Å². The molecule has 6 nitrogen and oxygen atoms in total. The number of likely N-dealkylation sites (N-methyl/N-ethyl adjacent to an activating group) is 1. The van der Waals surface area contributed by atoms with Crippen LogP contribution in [0.5, 0.6) is 0 Å². The molecular weight excluding hydrogens is 390 g/mol. The normalized spacial score (nSPS) is 11.9. The Morgan fingerprint density at radius 3 is 2.32 bits per heavy atom. The maximum atomic E-state index is 13.0. The molecule has 164 valence electrons. The zero-order chi connectivity index (χ0) is 23.1. The van der Waals surface area contributed by atoms with Gasteiger partial charge in [0.2, 0.25) is 5.91 Å². The number of rotatable bonds is 8. The van der Waals surface area contributed by atoms with Crippen LogP contribution in [0.15, 0.2) is 30.3 Å². The van der Waals surface area contributed by atoms with Crippen LogP contribution in [0.3, 0.4) is 0 Å². The monoisotopic (exact) mass is 421 g/mol. The van der Waals surface area contributed by atoms with Crippen LogP contribution in [0.2, 0.25) is 0 Å². The van der Waals surface area contributed by atoms with Crippen molar-refractivity contribution in [2.45, 2.75) is 54.1 Å². The number of nitrogens with zero attached hydrogens (tertiary/aromatic N) is 3. The van der Waals surface area contributed by atoms with Gasteiger partial charge in [-0.05, 0) is 65.3 Å². The van der Waals surface area contributed by atoms with E-state index in [0.29, 0.717) is 29.8 Å². The van der Waals surface area contributed by atoms with E-state index >= 15 is 0 Å². The van der Waals surface area contributed by atoms with Crippen molar-refractivity contribution in [2.75, 3.05) is 13.2 Å². The van der Waals surface area contributed by atoms with E-state index in [1.54, 1.807) is 30.0 Å². The predicted octanol–water partition coefficient (Wildman–Crippen LogP) is 4.80. The number of hydrogen-bond donors (Lipinski definition) is 0. The molecule has 1 heterocycles. The fraction of sp³-hybridized carbons (Fsp3) is 0.400. The lowest BCUT2D eigenvalue weighted by Gasteiger charge is -2.27.